The molecule has 0 aliphatic carbocycles. The number of ether oxygens (including phenoxy) is 4. The van der Waals surface area contributed by atoms with Gasteiger partial charge in [-0.05, 0) is 44.9 Å². The first-order valence-corrected chi connectivity index (χ1v) is 8.19. The van der Waals surface area contributed by atoms with Gasteiger partial charge in [0.1, 0.15) is 18.3 Å². The number of hydrogen-bond donors (Lipinski definition) is 1. The number of esters is 2. The van der Waals surface area contributed by atoms with Crippen LogP contribution in [0.25, 0.3) is 0 Å². The number of hydrogen-bond acceptors (Lipinski definition) is 7. The van der Waals surface area contributed by atoms with Crippen LogP contribution in [0.2, 0.25) is 0 Å². The van der Waals surface area contributed by atoms with Crippen molar-refractivity contribution < 1.29 is 38.0 Å². The summed E-state index contributed by atoms with van der Waals surface area (Å²) < 4.78 is 34.4. The maximum atomic E-state index is 14.1. The highest BCUT2D eigenvalue weighted by Gasteiger charge is 2.33. The van der Waals surface area contributed by atoms with E-state index >= 15 is 0 Å². The van der Waals surface area contributed by atoms with E-state index in [4.69, 9.17) is 18.9 Å². The number of carbonyl (C=O) groups is 2. The monoisotopic (exact) mass is 370 g/mol. The van der Waals surface area contributed by atoms with Crippen LogP contribution in [0.15, 0.2) is 12.1 Å². The Morgan fingerprint density at radius 2 is 2.00 bits per heavy atom. The molecule has 1 aliphatic rings. The van der Waals surface area contributed by atoms with Crippen LogP contribution in [0.4, 0.5) is 4.39 Å². The quantitative estimate of drug-likeness (QED) is 0.766. The summed E-state index contributed by atoms with van der Waals surface area (Å²) in [5, 5.41) is 10.3. The fourth-order valence-corrected chi connectivity index (χ4v) is 2.47. The lowest BCUT2D eigenvalue weighted by molar-refractivity contribution is -0.167. The summed E-state index contributed by atoms with van der Waals surface area (Å²) in [6.07, 6.45) is -1.33. The predicted molar refractivity (Wildman–Crippen MR) is 88.2 cm³/mol. The van der Waals surface area contributed by atoms with Gasteiger partial charge in [-0.25, -0.2) is 4.39 Å². The van der Waals surface area contributed by atoms with E-state index in [1.54, 1.807) is 26.8 Å². The van der Waals surface area contributed by atoms with E-state index in [9.17, 15) is 19.1 Å². The maximum Gasteiger partial charge on any atom is 0.312 e. The number of aliphatic hydroxyl groups excluding tert-OH is 1. The molecular weight excluding hydrogens is 347 g/mol. The molecule has 0 saturated carbocycles. The molecule has 0 bridgehead atoms. The Balaban J connectivity index is 2.21. The molecule has 7 nitrogen and oxygen atoms in total. The van der Waals surface area contributed by atoms with E-state index < -0.39 is 35.4 Å². The molecule has 2 rings (SSSR count). The van der Waals surface area contributed by atoms with Crippen molar-refractivity contribution in [2.45, 2.75) is 45.8 Å². The lowest BCUT2D eigenvalue weighted by Gasteiger charge is -2.26. The molecule has 0 saturated heterocycles. The topological polar surface area (TPSA) is 91.3 Å². The second-order valence-corrected chi connectivity index (χ2v) is 7.03. The Labute approximate surface area is 151 Å². The second-order valence-electron chi connectivity index (χ2n) is 7.03. The lowest BCUT2D eigenvalue weighted by atomic mass is 9.93. The van der Waals surface area contributed by atoms with Crippen LogP contribution >= 0.6 is 0 Å². The number of fused-ring (bicyclic) bond motifs is 1. The van der Waals surface area contributed by atoms with Crippen LogP contribution in [-0.4, -0.2) is 42.1 Å². The van der Waals surface area contributed by atoms with Gasteiger partial charge in [0.05, 0.1) is 5.92 Å². The average molecular weight is 370 g/mol. The van der Waals surface area contributed by atoms with Gasteiger partial charge in [-0.2, -0.15) is 0 Å². The zero-order valence-corrected chi connectivity index (χ0v) is 15.2. The standard InChI is InChI=1S/C18H23FO7/c1-10(20)23-8-14(21)12(17(22)26-18(2,3)4)5-11-6-13(19)16-15(7-11)24-9-25-16/h6-7,12,14,21H,5,8-9H2,1-4H3. The summed E-state index contributed by atoms with van der Waals surface area (Å²) >= 11 is 0. The molecule has 1 aromatic rings. The van der Waals surface area contributed by atoms with Gasteiger partial charge in [0.2, 0.25) is 12.5 Å². The number of halogens is 1. The molecule has 0 amide bonds. The Bertz CT molecular complexity index is 681. The van der Waals surface area contributed by atoms with Crippen molar-refractivity contribution in [3.63, 3.8) is 0 Å². The highest BCUT2D eigenvalue weighted by Crippen LogP contribution is 2.36. The predicted octanol–water partition coefficient (Wildman–Crippen LogP) is 1.98. The number of carbonyl (C=O) groups excluding carboxylic acids is 2. The van der Waals surface area contributed by atoms with Gasteiger partial charge < -0.3 is 24.1 Å². The normalized spacial score (nSPS) is 15.3. The third-order valence-electron chi connectivity index (χ3n) is 3.57. The van der Waals surface area contributed by atoms with Gasteiger partial charge in [0, 0.05) is 6.92 Å². The molecule has 26 heavy (non-hydrogen) atoms. The smallest absolute Gasteiger partial charge is 0.312 e. The molecule has 1 aliphatic heterocycles. The number of benzene rings is 1. The highest BCUT2D eigenvalue weighted by molar-refractivity contribution is 5.74. The third-order valence-corrected chi connectivity index (χ3v) is 3.57. The third kappa shape index (κ3) is 5.32. The maximum absolute atomic E-state index is 14.1. The molecule has 2 unspecified atom stereocenters. The largest absolute Gasteiger partial charge is 0.463 e. The van der Waals surface area contributed by atoms with Crippen molar-refractivity contribution in [1.82, 2.24) is 0 Å². The summed E-state index contributed by atoms with van der Waals surface area (Å²) in [7, 11) is 0. The minimum atomic E-state index is -1.30. The van der Waals surface area contributed by atoms with Gasteiger partial charge >= 0.3 is 11.9 Å². The molecule has 8 heteroatoms. The summed E-state index contributed by atoms with van der Waals surface area (Å²) in [6, 6.07) is 2.75. The molecule has 0 aromatic heterocycles. The van der Waals surface area contributed by atoms with Crippen molar-refractivity contribution in [3.8, 4) is 11.5 Å². The van der Waals surface area contributed by atoms with Crippen LogP contribution in [0, 0.1) is 11.7 Å². The molecule has 1 aromatic carbocycles. The molecule has 2 atom stereocenters. The van der Waals surface area contributed by atoms with E-state index in [0.717, 1.165) is 0 Å². The molecular formula is C18H23FO7. The first-order chi connectivity index (χ1) is 12.1. The van der Waals surface area contributed by atoms with Gasteiger partial charge in [-0.1, -0.05) is 0 Å². The van der Waals surface area contributed by atoms with E-state index in [1.165, 1.54) is 13.0 Å². The van der Waals surface area contributed by atoms with Crippen LogP contribution in [-0.2, 0) is 25.5 Å². The molecule has 0 radical (unpaired) electrons. The van der Waals surface area contributed by atoms with Crippen molar-refractivity contribution in [2.24, 2.45) is 5.92 Å². The van der Waals surface area contributed by atoms with Gasteiger partial charge in [0.15, 0.2) is 11.6 Å². The van der Waals surface area contributed by atoms with Crippen molar-refractivity contribution in [2.75, 3.05) is 13.4 Å². The lowest BCUT2D eigenvalue weighted by Crippen LogP contribution is -2.38. The molecule has 0 fully saturated rings. The van der Waals surface area contributed by atoms with Crippen LogP contribution < -0.4 is 9.47 Å². The zero-order valence-electron chi connectivity index (χ0n) is 15.2. The van der Waals surface area contributed by atoms with E-state index in [2.05, 4.69) is 0 Å². The Morgan fingerprint density at radius 3 is 2.62 bits per heavy atom. The molecule has 1 heterocycles. The molecule has 0 spiro atoms. The van der Waals surface area contributed by atoms with E-state index in [1.807, 2.05) is 0 Å². The summed E-state index contributed by atoms with van der Waals surface area (Å²) in [5.74, 6) is -2.67. The van der Waals surface area contributed by atoms with Crippen molar-refractivity contribution >= 4 is 11.9 Å². The Morgan fingerprint density at radius 1 is 1.31 bits per heavy atom. The first kappa shape index (κ1) is 20.0. The van der Waals surface area contributed by atoms with Gasteiger partial charge in [0.25, 0.3) is 0 Å². The molecule has 144 valence electrons. The van der Waals surface area contributed by atoms with Crippen LogP contribution in [0.3, 0.4) is 0 Å². The Kier molecular flexibility index (Phi) is 6.07. The fraction of sp³-hybridized carbons (Fsp3) is 0.556. The van der Waals surface area contributed by atoms with Crippen molar-refractivity contribution in [1.29, 1.82) is 0 Å². The zero-order chi connectivity index (χ0) is 19.5. The van der Waals surface area contributed by atoms with E-state index in [0.29, 0.717) is 5.56 Å². The molecule has 1 N–H and O–H groups in total. The minimum absolute atomic E-state index is 0.0167. The first-order valence-electron chi connectivity index (χ1n) is 8.19. The average Bonchev–Trinajstić information content (AvgIpc) is 2.97. The summed E-state index contributed by atoms with van der Waals surface area (Å²) in [5.41, 5.74) is -0.346. The van der Waals surface area contributed by atoms with Crippen molar-refractivity contribution in [3.05, 3.63) is 23.5 Å². The van der Waals surface area contributed by atoms with Crippen LogP contribution in [0.5, 0.6) is 11.5 Å². The van der Waals surface area contributed by atoms with Gasteiger partial charge in [-0.15, -0.1) is 0 Å². The minimum Gasteiger partial charge on any atom is -0.463 e. The van der Waals surface area contributed by atoms with Gasteiger partial charge in [-0.3, -0.25) is 9.59 Å². The SMILES string of the molecule is CC(=O)OCC(O)C(Cc1cc(F)c2c(c1)OCO2)C(=O)OC(C)(C)C. The van der Waals surface area contributed by atoms with E-state index in [-0.39, 0.29) is 31.3 Å². The summed E-state index contributed by atoms with van der Waals surface area (Å²) in [6.45, 7) is 5.83. The fourth-order valence-electron chi connectivity index (χ4n) is 2.47. The summed E-state index contributed by atoms with van der Waals surface area (Å²) in [4.78, 5) is 23.5. The highest BCUT2D eigenvalue weighted by atomic mass is 19.1. The number of rotatable bonds is 6. The second kappa shape index (κ2) is 7.90. The number of aliphatic hydroxyl groups is 1. The van der Waals surface area contributed by atoms with Crippen LogP contribution in [0.1, 0.15) is 33.3 Å². The Hall–Kier alpha value is -2.35.